The Morgan fingerprint density at radius 1 is 1.07 bits per heavy atom. The summed E-state index contributed by atoms with van der Waals surface area (Å²) in [6, 6.07) is 14.1. The Labute approximate surface area is 158 Å². The Morgan fingerprint density at radius 3 is 2.67 bits per heavy atom. The van der Waals surface area contributed by atoms with Crippen LogP contribution in [0.2, 0.25) is 0 Å². The van der Waals surface area contributed by atoms with E-state index in [2.05, 4.69) is 9.88 Å². The molecule has 0 radical (unpaired) electrons. The van der Waals surface area contributed by atoms with E-state index in [1.807, 2.05) is 36.4 Å². The number of hydrogen-bond acceptors (Lipinski definition) is 5. The molecule has 1 atom stereocenters. The molecule has 0 saturated carbocycles. The summed E-state index contributed by atoms with van der Waals surface area (Å²) in [5.41, 5.74) is 1.51. The van der Waals surface area contributed by atoms with E-state index in [-0.39, 0.29) is 11.9 Å². The maximum Gasteiger partial charge on any atom is 0.332 e. The molecule has 27 heavy (non-hydrogen) atoms. The Morgan fingerprint density at radius 2 is 1.89 bits per heavy atom. The van der Waals surface area contributed by atoms with Crippen LogP contribution in [0.4, 0.5) is 10.5 Å². The van der Waals surface area contributed by atoms with E-state index in [0.29, 0.717) is 31.2 Å². The normalized spacial score (nSPS) is 20.6. The average Bonchev–Trinajstić information content (AvgIpc) is 2.84. The number of hydrogen-bond donors (Lipinski definition) is 0. The van der Waals surface area contributed by atoms with Crippen molar-refractivity contribution in [3.63, 3.8) is 0 Å². The minimum absolute atomic E-state index is 0.156. The van der Waals surface area contributed by atoms with Gasteiger partial charge in [-0.2, -0.15) is 0 Å². The number of pyridine rings is 1. The minimum Gasteiger partial charge on any atom is -0.481 e. The smallest absolute Gasteiger partial charge is 0.332 e. The summed E-state index contributed by atoms with van der Waals surface area (Å²) in [5.74, 6) is 0.419. The van der Waals surface area contributed by atoms with Gasteiger partial charge < -0.3 is 9.64 Å². The average molecular weight is 366 g/mol. The van der Waals surface area contributed by atoms with Gasteiger partial charge in [0.25, 0.3) is 5.91 Å². The summed E-state index contributed by atoms with van der Waals surface area (Å²) in [7, 11) is 1.59. The second kappa shape index (κ2) is 7.36. The number of anilines is 1. The number of aromatic nitrogens is 1. The van der Waals surface area contributed by atoms with E-state index in [0.717, 1.165) is 18.7 Å². The number of imide groups is 1. The molecule has 0 bridgehead atoms. The topological polar surface area (TPSA) is 66.0 Å². The number of fused-ring (bicyclic) bond motifs is 1. The molecule has 1 unspecified atom stereocenters. The van der Waals surface area contributed by atoms with Gasteiger partial charge in [-0.3, -0.25) is 9.69 Å². The van der Waals surface area contributed by atoms with Crippen LogP contribution in [0.3, 0.4) is 0 Å². The quantitative estimate of drug-likeness (QED) is 0.776. The van der Waals surface area contributed by atoms with Crippen LogP contribution in [0.15, 0.2) is 48.5 Å². The summed E-state index contributed by atoms with van der Waals surface area (Å²) in [5, 5.41) is 0. The summed E-state index contributed by atoms with van der Waals surface area (Å²) < 4.78 is 5.19. The van der Waals surface area contributed by atoms with Crippen LogP contribution in [0.1, 0.15) is 12.1 Å². The van der Waals surface area contributed by atoms with Crippen molar-refractivity contribution >= 4 is 17.6 Å². The van der Waals surface area contributed by atoms with Crippen molar-refractivity contribution in [3.8, 4) is 5.88 Å². The number of amides is 3. The first-order valence-electron chi connectivity index (χ1n) is 9.09. The van der Waals surface area contributed by atoms with E-state index >= 15 is 0 Å². The zero-order valence-corrected chi connectivity index (χ0v) is 15.2. The molecule has 0 aliphatic carbocycles. The van der Waals surface area contributed by atoms with Gasteiger partial charge in [-0.15, -0.1) is 0 Å². The molecule has 0 spiro atoms. The van der Waals surface area contributed by atoms with E-state index in [4.69, 9.17) is 4.74 Å². The first kappa shape index (κ1) is 17.5. The molecule has 1 aromatic carbocycles. The van der Waals surface area contributed by atoms with Crippen molar-refractivity contribution < 1.29 is 14.3 Å². The zero-order valence-electron chi connectivity index (χ0n) is 15.2. The maximum absolute atomic E-state index is 13.0. The SMILES string of the molecule is COc1cccc(CN2CCCN3C(=O)N(c4ccccc4)C(=O)C3C2)n1. The predicted molar refractivity (Wildman–Crippen MR) is 101 cm³/mol. The molecule has 2 fully saturated rings. The van der Waals surface area contributed by atoms with Gasteiger partial charge in [-0.05, 0) is 24.6 Å². The largest absolute Gasteiger partial charge is 0.481 e. The van der Waals surface area contributed by atoms with Gasteiger partial charge in [0.15, 0.2) is 0 Å². The molecule has 2 saturated heterocycles. The van der Waals surface area contributed by atoms with E-state index < -0.39 is 6.04 Å². The molecule has 1 aromatic heterocycles. The van der Waals surface area contributed by atoms with Crippen molar-refractivity contribution in [2.24, 2.45) is 0 Å². The highest BCUT2D eigenvalue weighted by molar-refractivity contribution is 6.21. The van der Waals surface area contributed by atoms with Gasteiger partial charge in [0, 0.05) is 32.2 Å². The third-order valence-corrected chi connectivity index (χ3v) is 5.01. The van der Waals surface area contributed by atoms with Crippen molar-refractivity contribution in [1.29, 1.82) is 0 Å². The van der Waals surface area contributed by atoms with Gasteiger partial charge in [0.2, 0.25) is 5.88 Å². The highest BCUT2D eigenvalue weighted by Crippen LogP contribution is 2.27. The third-order valence-electron chi connectivity index (χ3n) is 5.01. The second-order valence-electron chi connectivity index (χ2n) is 6.76. The van der Waals surface area contributed by atoms with Crippen molar-refractivity contribution in [2.75, 3.05) is 31.6 Å². The fourth-order valence-electron chi connectivity index (χ4n) is 3.71. The standard InChI is InChI=1S/C20H22N4O3/c1-27-18-10-5-7-15(21-18)13-22-11-6-12-23-17(14-22)19(25)24(20(23)26)16-8-3-2-4-9-16/h2-5,7-10,17H,6,11-14H2,1H3. The molecular formula is C20H22N4O3. The number of benzene rings is 1. The molecule has 0 N–H and O–H groups in total. The van der Waals surface area contributed by atoms with Gasteiger partial charge in [0.1, 0.15) is 6.04 Å². The number of para-hydroxylation sites is 1. The van der Waals surface area contributed by atoms with Gasteiger partial charge in [-0.25, -0.2) is 14.7 Å². The van der Waals surface area contributed by atoms with Crippen LogP contribution in [-0.4, -0.2) is 59.5 Å². The minimum atomic E-state index is -0.453. The van der Waals surface area contributed by atoms with Crippen LogP contribution < -0.4 is 9.64 Å². The lowest BCUT2D eigenvalue weighted by Gasteiger charge is -2.23. The molecule has 4 rings (SSSR count). The molecule has 2 aromatic rings. The Bertz CT molecular complexity index is 842. The van der Waals surface area contributed by atoms with Crippen LogP contribution in [0.25, 0.3) is 0 Å². The van der Waals surface area contributed by atoms with E-state index in [1.165, 1.54) is 4.90 Å². The third kappa shape index (κ3) is 3.38. The Hall–Kier alpha value is -2.93. The van der Waals surface area contributed by atoms with Gasteiger partial charge in [-0.1, -0.05) is 24.3 Å². The first-order chi connectivity index (χ1) is 13.2. The molecule has 140 valence electrons. The summed E-state index contributed by atoms with van der Waals surface area (Å²) >= 11 is 0. The number of carbonyl (C=O) groups is 2. The monoisotopic (exact) mass is 366 g/mol. The fourth-order valence-corrected chi connectivity index (χ4v) is 3.71. The zero-order chi connectivity index (χ0) is 18.8. The molecule has 3 heterocycles. The lowest BCUT2D eigenvalue weighted by molar-refractivity contribution is -0.120. The molecular weight excluding hydrogens is 344 g/mol. The van der Waals surface area contributed by atoms with Crippen molar-refractivity contribution in [3.05, 3.63) is 54.2 Å². The van der Waals surface area contributed by atoms with Crippen molar-refractivity contribution in [1.82, 2.24) is 14.8 Å². The summed E-state index contributed by atoms with van der Waals surface area (Å²) in [6.45, 7) is 2.53. The number of methoxy groups -OCH3 is 1. The van der Waals surface area contributed by atoms with Gasteiger partial charge >= 0.3 is 6.03 Å². The predicted octanol–water partition coefficient (Wildman–Crippen LogP) is 2.13. The van der Waals surface area contributed by atoms with E-state index in [9.17, 15) is 9.59 Å². The molecule has 3 amide bonds. The molecule has 2 aliphatic heterocycles. The van der Waals surface area contributed by atoms with Gasteiger partial charge in [0.05, 0.1) is 18.5 Å². The van der Waals surface area contributed by atoms with Crippen LogP contribution in [0, 0.1) is 0 Å². The number of rotatable bonds is 4. The summed E-state index contributed by atoms with van der Waals surface area (Å²) in [6.07, 6.45) is 0.822. The lowest BCUT2D eigenvalue weighted by Crippen LogP contribution is -2.41. The number of urea groups is 1. The lowest BCUT2D eigenvalue weighted by atomic mass is 10.2. The van der Waals surface area contributed by atoms with Crippen molar-refractivity contribution in [2.45, 2.75) is 19.0 Å². The Balaban J connectivity index is 1.53. The highest BCUT2D eigenvalue weighted by Gasteiger charge is 2.47. The van der Waals surface area contributed by atoms with Crippen LogP contribution in [0.5, 0.6) is 5.88 Å². The highest BCUT2D eigenvalue weighted by atomic mass is 16.5. The van der Waals surface area contributed by atoms with Crippen LogP contribution in [-0.2, 0) is 11.3 Å². The Kier molecular flexibility index (Phi) is 4.77. The van der Waals surface area contributed by atoms with E-state index in [1.54, 1.807) is 24.1 Å². The number of nitrogens with zero attached hydrogens (tertiary/aromatic N) is 4. The van der Waals surface area contributed by atoms with Crippen LogP contribution >= 0.6 is 0 Å². The molecule has 7 nitrogen and oxygen atoms in total. The fraction of sp³-hybridized carbons (Fsp3) is 0.350. The summed E-state index contributed by atoms with van der Waals surface area (Å²) in [4.78, 5) is 35.5. The second-order valence-corrected chi connectivity index (χ2v) is 6.76. The maximum atomic E-state index is 13.0. The number of carbonyl (C=O) groups excluding carboxylic acids is 2. The first-order valence-corrected chi connectivity index (χ1v) is 9.09. The molecule has 2 aliphatic rings. The number of ether oxygens (including phenoxy) is 1. The molecule has 7 heteroatoms.